The summed E-state index contributed by atoms with van der Waals surface area (Å²) in [6, 6.07) is 0. The summed E-state index contributed by atoms with van der Waals surface area (Å²) >= 11 is 0. The Kier molecular flexibility index (Phi) is 5.78. The van der Waals surface area contributed by atoms with Gasteiger partial charge in [0.25, 0.3) is 0 Å². The first kappa shape index (κ1) is 20.4. The van der Waals surface area contributed by atoms with Crippen molar-refractivity contribution in [2.75, 3.05) is 6.61 Å². The highest BCUT2D eigenvalue weighted by molar-refractivity contribution is 5.71. The summed E-state index contributed by atoms with van der Waals surface area (Å²) in [5.41, 5.74) is 0. The summed E-state index contributed by atoms with van der Waals surface area (Å²) < 4.78 is 119. The molecule has 0 saturated heterocycles. The number of carbonyl (C=O) groups is 1. The van der Waals surface area contributed by atoms with Gasteiger partial charge < -0.3 is 9.47 Å². The van der Waals surface area contributed by atoms with Crippen LogP contribution in [0.3, 0.4) is 0 Å². The summed E-state index contributed by atoms with van der Waals surface area (Å²) in [7, 11) is 0. The largest absolute Gasteiger partial charge is 0.471 e. The van der Waals surface area contributed by atoms with Gasteiger partial charge in [0.1, 0.15) is 12.2 Å². The molecular weight excluding hydrogens is 339 g/mol. The highest BCUT2D eigenvalue weighted by atomic mass is 19.4. The number of rotatable bonds is 7. The first-order chi connectivity index (χ1) is 9.60. The molecule has 0 amide bonds. The number of halogens is 9. The molecule has 0 aliphatic heterocycles. The van der Waals surface area contributed by atoms with Crippen molar-refractivity contribution in [1.29, 1.82) is 0 Å². The molecule has 0 radical (unpaired) electrons. The highest BCUT2D eigenvalue weighted by Crippen LogP contribution is 2.53. The lowest BCUT2D eigenvalue weighted by Crippen LogP contribution is -2.61. The van der Waals surface area contributed by atoms with Crippen LogP contribution in [0.4, 0.5) is 39.5 Å². The van der Waals surface area contributed by atoms with Gasteiger partial charge in [-0.15, -0.1) is 0 Å². The van der Waals surface area contributed by atoms with E-state index in [2.05, 4.69) is 16.1 Å². The Balaban J connectivity index is 5.22. The molecule has 0 aromatic carbocycles. The van der Waals surface area contributed by atoms with Crippen molar-refractivity contribution in [3.63, 3.8) is 0 Å². The Morgan fingerprint density at radius 3 is 1.77 bits per heavy atom. The van der Waals surface area contributed by atoms with Crippen LogP contribution in [0.1, 0.15) is 13.3 Å². The van der Waals surface area contributed by atoms with Gasteiger partial charge in [-0.3, -0.25) is 4.79 Å². The molecule has 0 bridgehead atoms. The van der Waals surface area contributed by atoms with Gasteiger partial charge in [0.05, 0.1) is 6.61 Å². The third-order valence-electron chi connectivity index (χ3n) is 2.04. The van der Waals surface area contributed by atoms with Crippen LogP contribution in [0.5, 0.6) is 0 Å². The van der Waals surface area contributed by atoms with Gasteiger partial charge in [-0.05, 0) is 6.92 Å². The van der Waals surface area contributed by atoms with Crippen molar-refractivity contribution in [3.8, 4) is 0 Å². The van der Waals surface area contributed by atoms with Crippen LogP contribution >= 0.6 is 0 Å². The van der Waals surface area contributed by atoms with Gasteiger partial charge in [0.2, 0.25) is 0 Å². The molecule has 0 N–H and O–H groups in total. The molecule has 0 aromatic rings. The van der Waals surface area contributed by atoms with E-state index in [1.54, 1.807) is 0 Å². The van der Waals surface area contributed by atoms with E-state index >= 15 is 0 Å². The van der Waals surface area contributed by atoms with Crippen molar-refractivity contribution in [1.82, 2.24) is 0 Å². The minimum Gasteiger partial charge on any atom is -0.466 e. The Hall–Kier alpha value is -1.62. The molecule has 0 heterocycles. The zero-order chi connectivity index (χ0) is 18.0. The van der Waals surface area contributed by atoms with Crippen molar-refractivity contribution < 1.29 is 53.8 Å². The lowest BCUT2D eigenvalue weighted by atomic mass is 10.1. The maximum atomic E-state index is 12.9. The monoisotopic (exact) mass is 348 g/mol. The van der Waals surface area contributed by atoms with Crippen LogP contribution < -0.4 is 0 Å². The van der Waals surface area contributed by atoms with E-state index in [1.807, 2.05) is 0 Å². The number of alkyl halides is 9. The Morgan fingerprint density at radius 1 is 0.955 bits per heavy atom. The normalized spacial score (nSPS) is 13.7. The molecule has 3 nitrogen and oxygen atoms in total. The fourth-order valence-electron chi connectivity index (χ4n) is 1.02. The predicted octanol–water partition coefficient (Wildman–Crippen LogP) is 3.90. The highest BCUT2D eigenvalue weighted by Gasteiger charge is 2.83. The molecule has 22 heavy (non-hydrogen) atoms. The van der Waals surface area contributed by atoms with Crippen LogP contribution in [0.15, 0.2) is 12.3 Å². The molecule has 0 unspecified atom stereocenters. The Morgan fingerprint density at radius 2 is 1.41 bits per heavy atom. The summed E-state index contributed by atoms with van der Waals surface area (Å²) in [6.07, 6.45) is -14.5. The van der Waals surface area contributed by atoms with Gasteiger partial charge in [0, 0.05) is 0 Å². The van der Waals surface area contributed by atoms with Gasteiger partial charge in [-0.1, -0.05) is 6.58 Å². The average Bonchev–Trinajstić information content (AvgIpc) is 2.25. The number of hydrogen-bond acceptors (Lipinski definition) is 3. The quantitative estimate of drug-likeness (QED) is 0.398. The van der Waals surface area contributed by atoms with E-state index in [0.29, 0.717) is 0 Å². The van der Waals surface area contributed by atoms with E-state index in [9.17, 15) is 44.3 Å². The second kappa shape index (κ2) is 6.24. The SMILES string of the molecule is C=C(CC(=O)OCC)OC(F)(F)C(F)(F)C(F)(F)C(F)(F)F. The van der Waals surface area contributed by atoms with Crippen molar-refractivity contribution in [2.45, 2.75) is 37.5 Å². The first-order valence-corrected chi connectivity index (χ1v) is 5.32. The zero-order valence-electron chi connectivity index (χ0n) is 10.7. The molecule has 12 heteroatoms. The van der Waals surface area contributed by atoms with Crippen LogP contribution in [0, 0.1) is 0 Å². The smallest absolute Gasteiger partial charge is 0.466 e. The molecule has 0 aromatic heterocycles. The maximum Gasteiger partial charge on any atom is 0.471 e. The van der Waals surface area contributed by atoms with Crippen LogP contribution in [0.25, 0.3) is 0 Å². The average molecular weight is 348 g/mol. The molecule has 130 valence electrons. The molecule has 0 saturated carbocycles. The minimum atomic E-state index is -7.08. The molecule has 0 aliphatic carbocycles. The summed E-state index contributed by atoms with van der Waals surface area (Å²) in [5, 5.41) is 0. The van der Waals surface area contributed by atoms with E-state index in [-0.39, 0.29) is 6.61 Å². The third kappa shape index (κ3) is 3.97. The summed E-state index contributed by atoms with van der Waals surface area (Å²) in [4.78, 5) is 10.8. The van der Waals surface area contributed by atoms with Gasteiger partial charge >= 0.3 is 30.1 Å². The second-order valence-corrected chi connectivity index (χ2v) is 3.79. The fourth-order valence-corrected chi connectivity index (χ4v) is 1.02. The lowest BCUT2D eigenvalue weighted by Gasteiger charge is -2.33. The van der Waals surface area contributed by atoms with Crippen LogP contribution in [-0.4, -0.2) is 36.7 Å². The number of carbonyl (C=O) groups excluding carboxylic acids is 1. The number of esters is 1. The van der Waals surface area contributed by atoms with E-state index in [0.717, 1.165) is 0 Å². The van der Waals surface area contributed by atoms with Gasteiger partial charge in [-0.2, -0.15) is 39.5 Å². The second-order valence-electron chi connectivity index (χ2n) is 3.79. The molecular formula is C10H9F9O3. The van der Waals surface area contributed by atoms with Gasteiger partial charge in [-0.25, -0.2) is 0 Å². The molecule has 0 spiro atoms. The Bertz CT molecular complexity index is 428. The predicted molar refractivity (Wildman–Crippen MR) is 52.4 cm³/mol. The third-order valence-corrected chi connectivity index (χ3v) is 2.04. The number of hydrogen-bond donors (Lipinski definition) is 0. The number of ether oxygens (including phenoxy) is 2. The van der Waals surface area contributed by atoms with Crippen molar-refractivity contribution in [2.24, 2.45) is 0 Å². The van der Waals surface area contributed by atoms with E-state index in [4.69, 9.17) is 0 Å². The fraction of sp³-hybridized carbons (Fsp3) is 0.700. The minimum absolute atomic E-state index is 0.231. The summed E-state index contributed by atoms with van der Waals surface area (Å²) in [6.45, 7) is 3.63. The summed E-state index contributed by atoms with van der Waals surface area (Å²) in [5.74, 6) is -16.8. The van der Waals surface area contributed by atoms with E-state index in [1.165, 1.54) is 6.92 Å². The topological polar surface area (TPSA) is 35.5 Å². The molecule has 0 rings (SSSR count). The van der Waals surface area contributed by atoms with E-state index < -0.39 is 42.3 Å². The molecule has 0 atom stereocenters. The Labute approximate surface area is 117 Å². The molecule has 0 fully saturated rings. The van der Waals surface area contributed by atoms with Crippen LogP contribution in [-0.2, 0) is 14.3 Å². The molecule has 0 aliphatic rings. The lowest BCUT2D eigenvalue weighted by molar-refractivity contribution is -0.438. The first-order valence-electron chi connectivity index (χ1n) is 5.32. The standard InChI is InChI=1S/C10H9F9O3/c1-3-21-6(20)4-5(2)22-10(18,19)8(13,14)7(11,12)9(15,16)17/h2-4H2,1H3. The van der Waals surface area contributed by atoms with Gasteiger partial charge in [0.15, 0.2) is 0 Å². The van der Waals surface area contributed by atoms with Crippen molar-refractivity contribution in [3.05, 3.63) is 12.3 Å². The maximum absolute atomic E-state index is 12.9. The van der Waals surface area contributed by atoms with Crippen LogP contribution in [0.2, 0.25) is 0 Å². The van der Waals surface area contributed by atoms with Crippen molar-refractivity contribution >= 4 is 5.97 Å². The zero-order valence-corrected chi connectivity index (χ0v) is 10.7.